The highest BCUT2D eigenvalue weighted by atomic mass is 16.7. The highest BCUT2D eigenvalue weighted by molar-refractivity contribution is 5.66. The molecule has 0 radical (unpaired) electrons. The predicted octanol–water partition coefficient (Wildman–Crippen LogP) is 11.7. The number of aliphatic hydroxyl groups is 5. The highest BCUT2D eigenvalue weighted by Gasteiger charge is 2.45. The number of carbonyl (C=O) groups excluding carboxylic acids is 1. The number of amides is 1. The van der Waals surface area contributed by atoms with Crippen LogP contribution in [0.4, 0.5) is 4.79 Å². The molecule has 8 atom stereocenters. The number of aliphatic hydroxyl groups excluding tert-OH is 5. The lowest BCUT2D eigenvalue weighted by Gasteiger charge is -2.40. The van der Waals surface area contributed by atoms with Gasteiger partial charge in [-0.2, -0.15) is 0 Å². The second kappa shape index (κ2) is 44.5. The standard InChI is InChI=1S/C53H106N2O9/c1-4-7-9-11-13-15-17-19-20-21-22-23-24-25-26-27-28-29-30-32-34-36-38-40-42-55-45(48(57)46(56)41-39-37-35-33-31-18-16-14-12-10-8-5-2)43-62-52-51(60)50(59)49(58)47(64-52)44-63-53(61)54-6-3/h45-52,55-60H,4-44H2,1-3H3,(H,54,61)/t45-,46+,47+,48-,49-,50-,51+,52-/m0/s1. The summed E-state index contributed by atoms with van der Waals surface area (Å²) in [6, 6.07) is -0.651. The number of hydrogen-bond acceptors (Lipinski definition) is 10. The van der Waals surface area contributed by atoms with Gasteiger partial charge in [-0.3, -0.25) is 0 Å². The Morgan fingerprint density at radius 3 is 1.28 bits per heavy atom. The molecular formula is C53H106N2O9. The van der Waals surface area contributed by atoms with Crippen LogP contribution in [0.15, 0.2) is 0 Å². The van der Waals surface area contributed by atoms with Crippen LogP contribution in [0.25, 0.3) is 0 Å². The van der Waals surface area contributed by atoms with Gasteiger partial charge < -0.3 is 50.4 Å². The first-order chi connectivity index (χ1) is 31.3. The highest BCUT2D eigenvalue weighted by Crippen LogP contribution is 2.24. The first-order valence-corrected chi connectivity index (χ1v) is 27.6. The minimum atomic E-state index is -1.59. The Labute approximate surface area is 393 Å². The summed E-state index contributed by atoms with van der Waals surface area (Å²) in [7, 11) is 0. The minimum Gasteiger partial charge on any atom is -0.447 e. The third kappa shape index (κ3) is 33.4. The number of carbonyl (C=O) groups is 1. The van der Waals surface area contributed by atoms with Crippen molar-refractivity contribution in [2.45, 2.75) is 307 Å². The van der Waals surface area contributed by atoms with Gasteiger partial charge in [0.1, 0.15) is 31.0 Å². The Bertz CT molecular complexity index is 996. The van der Waals surface area contributed by atoms with Crippen LogP contribution in [0.2, 0.25) is 0 Å². The van der Waals surface area contributed by atoms with Crippen molar-refractivity contribution in [1.29, 1.82) is 0 Å². The van der Waals surface area contributed by atoms with E-state index in [1.807, 2.05) is 0 Å². The fourth-order valence-corrected chi connectivity index (χ4v) is 9.03. The van der Waals surface area contributed by atoms with Crippen molar-refractivity contribution in [2.24, 2.45) is 0 Å². The Morgan fingerprint density at radius 1 is 0.516 bits per heavy atom. The van der Waals surface area contributed by atoms with Gasteiger partial charge in [0.25, 0.3) is 0 Å². The molecule has 0 unspecified atom stereocenters. The van der Waals surface area contributed by atoms with Crippen molar-refractivity contribution in [1.82, 2.24) is 10.6 Å². The molecule has 0 spiro atoms. The summed E-state index contributed by atoms with van der Waals surface area (Å²) in [5.74, 6) is 0. The molecule has 0 aromatic rings. The zero-order chi connectivity index (χ0) is 46.7. The summed E-state index contributed by atoms with van der Waals surface area (Å²) in [6.07, 6.45) is 37.6. The van der Waals surface area contributed by atoms with Gasteiger partial charge in [0, 0.05) is 6.54 Å². The van der Waals surface area contributed by atoms with E-state index in [1.165, 1.54) is 193 Å². The molecule has 1 amide bonds. The van der Waals surface area contributed by atoms with E-state index in [1.54, 1.807) is 6.92 Å². The van der Waals surface area contributed by atoms with Crippen LogP contribution in [0.5, 0.6) is 0 Å². The topological polar surface area (TPSA) is 170 Å². The summed E-state index contributed by atoms with van der Waals surface area (Å²) >= 11 is 0. The van der Waals surface area contributed by atoms with Gasteiger partial charge in [-0.15, -0.1) is 0 Å². The maximum Gasteiger partial charge on any atom is 0.407 e. The van der Waals surface area contributed by atoms with Crippen LogP contribution in [0.3, 0.4) is 0 Å². The van der Waals surface area contributed by atoms with Crippen LogP contribution in [-0.4, -0.2) is 107 Å². The van der Waals surface area contributed by atoms with Crippen molar-refractivity contribution >= 4 is 6.09 Å². The van der Waals surface area contributed by atoms with Crippen LogP contribution in [0.1, 0.15) is 258 Å². The van der Waals surface area contributed by atoms with Crippen molar-refractivity contribution in [3.05, 3.63) is 0 Å². The van der Waals surface area contributed by atoms with E-state index >= 15 is 0 Å². The summed E-state index contributed by atoms with van der Waals surface area (Å²) in [5.41, 5.74) is 0. The fraction of sp³-hybridized carbons (Fsp3) is 0.981. The number of unbranched alkanes of at least 4 members (excludes halogenated alkanes) is 34. The van der Waals surface area contributed by atoms with Crippen LogP contribution in [0, 0.1) is 0 Å². The molecular weight excluding hydrogens is 809 g/mol. The second-order valence-electron chi connectivity index (χ2n) is 19.4. The van der Waals surface area contributed by atoms with Crippen LogP contribution >= 0.6 is 0 Å². The smallest absolute Gasteiger partial charge is 0.407 e. The molecule has 0 aliphatic carbocycles. The first-order valence-electron chi connectivity index (χ1n) is 27.6. The van der Waals surface area contributed by atoms with E-state index in [4.69, 9.17) is 14.2 Å². The molecule has 1 fully saturated rings. The number of nitrogens with one attached hydrogen (secondary N) is 2. The van der Waals surface area contributed by atoms with Gasteiger partial charge >= 0.3 is 6.09 Å². The molecule has 11 nitrogen and oxygen atoms in total. The maximum atomic E-state index is 11.8. The van der Waals surface area contributed by atoms with Gasteiger partial charge in [0.05, 0.1) is 24.9 Å². The zero-order valence-corrected chi connectivity index (χ0v) is 42.0. The van der Waals surface area contributed by atoms with Crippen LogP contribution < -0.4 is 10.6 Å². The fourth-order valence-electron chi connectivity index (χ4n) is 9.03. The molecule has 0 aromatic heterocycles. The van der Waals surface area contributed by atoms with Crippen molar-refractivity contribution in [3.63, 3.8) is 0 Å². The quantitative estimate of drug-likeness (QED) is 0.0292. The van der Waals surface area contributed by atoms with Gasteiger partial charge in [0.2, 0.25) is 0 Å². The number of rotatable bonds is 47. The van der Waals surface area contributed by atoms with E-state index in [0.717, 1.165) is 38.5 Å². The van der Waals surface area contributed by atoms with Crippen molar-refractivity contribution in [2.75, 3.05) is 26.3 Å². The summed E-state index contributed by atoms with van der Waals surface area (Å²) in [5, 5.41) is 60.0. The van der Waals surface area contributed by atoms with Gasteiger partial charge in [-0.1, -0.05) is 239 Å². The minimum absolute atomic E-state index is 0.107. The summed E-state index contributed by atoms with van der Waals surface area (Å²) in [6.45, 7) is 6.82. The third-order valence-corrected chi connectivity index (χ3v) is 13.4. The van der Waals surface area contributed by atoms with Crippen LogP contribution in [-0.2, 0) is 14.2 Å². The molecule has 1 saturated heterocycles. The Balaban J connectivity index is 2.34. The van der Waals surface area contributed by atoms with E-state index in [2.05, 4.69) is 24.5 Å². The monoisotopic (exact) mass is 915 g/mol. The molecule has 1 rings (SSSR count). The van der Waals surface area contributed by atoms with Gasteiger partial charge in [-0.05, 0) is 26.3 Å². The average Bonchev–Trinajstić information content (AvgIpc) is 3.29. The molecule has 1 heterocycles. The third-order valence-electron chi connectivity index (χ3n) is 13.4. The van der Waals surface area contributed by atoms with Gasteiger partial charge in [-0.25, -0.2) is 4.79 Å². The lowest BCUT2D eigenvalue weighted by molar-refractivity contribution is -0.303. The molecule has 1 aliphatic rings. The Morgan fingerprint density at radius 2 is 0.891 bits per heavy atom. The normalized spacial score (nSPS) is 20.3. The average molecular weight is 915 g/mol. The lowest BCUT2D eigenvalue weighted by atomic mass is 9.98. The zero-order valence-electron chi connectivity index (χ0n) is 42.0. The lowest BCUT2D eigenvalue weighted by Crippen LogP contribution is -2.60. The number of ether oxygens (including phenoxy) is 3. The summed E-state index contributed by atoms with van der Waals surface area (Å²) < 4.78 is 16.8. The van der Waals surface area contributed by atoms with Gasteiger partial charge in [0.15, 0.2) is 6.29 Å². The maximum absolute atomic E-state index is 11.8. The molecule has 11 heteroatoms. The van der Waals surface area contributed by atoms with Crippen molar-refractivity contribution in [3.8, 4) is 0 Å². The second-order valence-corrected chi connectivity index (χ2v) is 19.4. The molecule has 0 saturated carbocycles. The van der Waals surface area contributed by atoms with E-state index in [-0.39, 0.29) is 13.2 Å². The molecule has 0 bridgehead atoms. The largest absolute Gasteiger partial charge is 0.447 e. The number of alkyl carbamates (subject to hydrolysis) is 1. The van der Waals surface area contributed by atoms with E-state index in [9.17, 15) is 30.3 Å². The molecule has 382 valence electrons. The first kappa shape index (κ1) is 61.0. The predicted molar refractivity (Wildman–Crippen MR) is 264 cm³/mol. The molecule has 64 heavy (non-hydrogen) atoms. The Kier molecular flexibility index (Phi) is 42.3. The molecule has 1 aliphatic heterocycles. The SMILES string of the molecule is CCCCCCCCCCCCCCCCCCCCCCCCCCN[C@@H](CO[C@H]1O[C@H](COC(=O)NCC)[C@H](O)[C@H](O)[C@H]1O)[C@H](O)[C@H](O)CCCCCCCCCCCCCC. The van der Waals surface area contributed by atoms with E-state index < -0.39 is 55.0 Å². The molecule has 7 N–H and O–H groups in total. The van der Waals surface area contributed by atoms with E-state index in [0.29, 0.717) is 19.5 Å². The molecule has 0 aromatic carbocycles. The summed E-state index contributed by atoms with van der Waals surface area (Å²) in [4.78, 5) is 11.8. The Hall–Kier alpha value is -1.05. The van der Waals surface area contributed by atoms with Crippen molar-refractivity contribution < 1.29 is 44.5 Å². The number of hydrogen-bond donors (Lipinski definition) is 7.